The number of benzene rings is 2. The Morgan fingerprint density at radius 3 is 2.78 bits per heavy atom. The number of aryl methyl sites for hydroxylation is 2. The molecule has 1 heterocycles. The predicted molar refractivity (Wildman–Crippen MR) is 104 cm³/mol. The molecule has 0 aliphatic carbocycles. The molecule has 7 nitrogen and oxygen atoms in total. The molecular weight excluding hydrogens is 366 g/mol. The Labute approximate surface area is 159 Å². The van der Waals surface area contributed by atoms with Crippen LogP contribution in [0.3, 0.4) is 0 Å². The smallest absolute Gasteiger partial charge is 0.270 e. The van der Waals surface area contributed by atoms with Crippen LogP contribution in [-0.4, -0.2) is 22.4 Å². The maximum absolute atomic E-state index is 12.1. The highest BCUT2D eigenvalue weighted by atomic mass is 32.1. The second kappa shape index (κ2) is 7.96. The third-order valence-electron chi connectivity index (χ3n) is 3.95. The van der Waals surface area contributed by atoms with Gasteiger partial charge in [-0.25, -0.2) is 4.98 Å². The number of thiazole rings is 1. The fraction of sp³-hybridized carbons (Fsp3) is 0.158. The van der Waals surface area contributed by atoms with Crippen LogP contribution in [0.25, 0.3) is 11.3 Å². The third kappa shape index (κ3) is 4.68. The van der Waals surface area contributed by atoms with Crippen LogP contribution in [0, 0.1) is 24.0 Å². The van der Waals surface area contributed by atoms with Crippen molar-refractivity contribution in [1.82, 2.24) is 4.98 Å². The Balaban J connectivity index is 1.61. The van der Waals surface area contributed by atoms with Crippen LogP contribution in [0.15, 0.2) is 47.8 Å². The molecule has 27 heavy (non-hydrogen) atoms. The Morgan fingerprint density at radius 2 is 2.04 bits per heavy atom. The van der Waals surface area contributed by atoms with Crippen molar-refractivity contribution < 1.29 is 14.5 Å². The summed E-state index contributed by atoms with van der Waals surface area (Å²) < 4.78 is 5.50. The van der Waals surface area contributed by atoms with Crippen molar-refractivity contribution in [2.24, 2.45) is 0 Å². The second-order valence-electron chi connectivity index (χ2n) is 5.93. The zero-order valence-corrected chi connectivity index (χ0v) is 15.6. The molecule has 0 spiro atoms. The van der Waals surface area contributed by atoms with E-state index in [-0.39, 0.29) is 18.2 Å². The molecule has 0 aliphatic heterocycles. The number of amides is 1. The van der Waals surface area contributed by atoms with E-state index in [0.29, 0.717) is 22.1 Å². The molecule has 1 amide bonds. The summed E-state index contributed by atoms with van der Waals surface area (Å²) in [6.07, 6.45) is 0. The lowest BCUT2D eigenvalue weighted by atomic mass is 10.1. The van der Waals surface area contributed by atoms with Gasteiger partial charge in [0.05, 0.1) is 10.6 Å². The highest BCUT2D eigenvalue weighted by molar-refractivity contribution is 7.14. The van der Waals surface area contributed by atoms with Gasteiger partial charge in [-0.2, -0.15) is 0 Å². The quantitative estimate of drug-likeness (QED) is 0.504. The maximum Gasteiger partial charge on any atom is 0.270 e. The average molecular weight is 383 g/mol. The van der Waals surface area contributed by atoms with Gasteiger partial charge in [-0.15, -0.1) is 11.3 Å². The standard InChI is InChI=1S/C19H17N3O4S/c1-12-6-7-16(8-13(12)2)26-10-18(23)21-19-20-17(11-27-19)14-4-3-5-15(9-14)22(24)25/h3-9,11H,10H2,1-2H3,(H,20,21,23). The van der Waals surface area contributed by atoms with Crippen molar-refractivity contribution in [1.29, 1.82) is 0 Å². The normalized spacial score (nSPS) is 10.4. The fourth-order valence-corrected chi connectivity index (χ4v) is 3.09. The van der Waals surface area contributed by atoms with Crippen LogP contribution in [-0.2, 0) is 4.79 Å². The fourth-order valence-electron chi connectivity index (χ4n) is 2.35. The maximum atomic E-state index is 12.1. The molecule has 8 heteroatoms. The van der Waals surface area contributed by atoms with E-state index >= 15 is 0 Å². The summed E-state index contributed by atoms with van der Waals surface area (Å²) >= 11 is 1.24. The lowest BCUT2D eigenvalue weighted by molar-refractivity contribution is -0.384. The molecule has 0 bridgehead atoms. The number of nitrogens with one attached hydrogen (secondary N) is 1. The summed E-state index contributed by atoms with van der Waals surface area (Å²) in [6.45, 7) is 3.86. The van der Waals surface area contributed by atoms with Crippen molar-refractivity contribution in [2.75, 3.05) is 11.9 Å². The summed E-state index contributed by atoms with van der Waals surface area (Å²) in [7, 11) is 0. The summed E-state index contributed by atoms with van der Waals surface area (Å²) in [4.78, 5) is 26.8. The van der Waals surface area contributed by atoms with Gasteiger partial charge in [-0.1, -0.05) is 18.2 Å². The molecule has 0 radical (unpaired) electrons. The van der Waals surface area contributed by atoms with E-state index in [9.17, 15) is 14.9 Å². The minimum Gasteiger partial charge on any atom is -0.484 e. The van der Waals surface area contributed by atoms with E-state index in [1.807, 2.05) is 32.0 Å². The minimum absolute atomic E-state index is 0.00660. The number of carbonyl (C=O) groups excluding carboxylic acids is 1. The molecule has 1 N–H and O–H groups in total. The Bertz CT molecular complexity index is 1000. The van der Waals surface area contributed by atoms with Gasteiger partial charge in [0.2, 0.25) is 0 Å². The molecule has 0 fully saturated rings. The molecule has 0 unspecified atom stereocenters. The number of aromatic nitrogens is 1. The van der Waals surface area contributed by atoms with Crippen molar-refractivity contribution in [3.05, 3.63) is 69.1 Å². The van der Waals surface area contributed by atoms with E-state index < -0.39 is 4.92 Å². The number of nitro groups is 1. The van der Waals surface area contributed by atoms with Gasteiger partial charge in [0.25, 0.3) is 11.6 Å². The van der Waals surface area contributed by atoms with Crippen molar-refractivity contribution in [2.45, 2.75) is 13.8 Å². The number of hydrogen-bond acceptors (Lipinski definition) is 6. The zero-order valence-electron chi connectivity index (χ0n) is 14.8. The summed E-state index contributed by atoms with van der Waals surface area (Å²) in [5, 5.41) is 15.7. The number of ether oxygens (including phenoxy) is 1. The first-order valence-electron chi connectivity index (χ1n) is 8.12. The minimum atomic E-state index is -0.456. The SMILES string of the molecule is Cc1ccc(OCC(=O)Nc2nc(-c3cccc([N+](=O)[O-])c3)cs2)cc1C. The van der Waals surface area contributed by atoms with E-state index in [0.717, 1.165) is 11.1 Å². The highest BCUT2D eigenvalue weighted by Gasteiger charge is 2.12. The first kappa shape index (κ1) is 18.5. The number of hydrogen-bond donors (Lipinski definition) is 1. The Hall–Kier alpha value is -3.26. The molecule has 0 atom stereocenters. The van der Waals surface area contributed by atoms with E-state index in [2.05, 4.69) is 10.3 Å². The molecule has 0 saturated carbocycles. The number of non-ortho nitro benzene ring substituents is 1. The van der Waals surface area contributed by atoms with Gasteiger partial charge >= 0.3 is 0 Å². The first-order valence-corrected chi connectivity index (χ1v) is 9.00. The van der Waals surface area contributed by atoms with Gasteiger partial charge in [0.1, 0.15) is 5.75 Å². The van der Waals surface area contributed by atoms with Crippen molar-refractivity contribution in [3.63, 3.8) is 0 Å². The molecule has 0 aliphatic rings. The van der Waals surface area contributed by atoms with Gasteiger partial charge in [0, 0.05) is 23.1 Å². The van der Waals surface area contributed by atoms with Crippen LogP contribution in [0.1, 0.15) is 11.1 Å². The lowest BCUT2D eigenvalue weighted by Crippen LogP contribution is -2.20. The number of rotatable bonds is 6. The largest absolute Gasteiger partial charge is 0.484 e. The van der Waals surface area contributed by atoms with Crippen LogP contribution >= 0.6 is 11.3 Å². The molecule has 138 valence electrons. The Kier molecular flexibility index (Phi) is 5.46. The molecule has 3 rings (SSSR count). The van der Waals surface area contributed by atoms with Gasteiger partial charge in [0.15, 0.2) is 11.7 Å². The van der Waals surface area contributed by atoms with E-state index in [1.165, 1.54) is 23.5 Å². The molecule has 2 aromatic carbocycles. The Morgan fingerprint density at radius 1 is 1.22 bits per heavy atom. The molecule has 1 aromatic heterocycles. The lowest BCUT2D eigenvalue weighted by Gasteiger charge is -2.07. The van der Waals surface area contributed by atoms with Gasteiger partial charge in [-0.3, -0.25) is 20.2 Å². The first-order chi connectivity index (χ1) is 12.9. The topological polar surface area (TPSA) is 94.4 Å². The monoisotopic (exact) mass is 383 g/mol. The van der Waals surface area contributed by atoms with Crippen LogP contribution < -0.4 is 10.1 Å². The average Bonchev–Trinajstić information content (AvgIpc) is 3.11. The van der Waals surface area contributed by atoms with E-state index in [4.69, 9.17) is 4.74 Å². The summed E-state index contributed by atoms with van der Waals surface area (Å²) in [6, 6.07) is 11.8. The van der Waals surface area contributed by atoms with Crippen LogP contribution in [0.4, 0.5) is 10.8 Å². The zero-order chi connectivity index (χ0) is 19.4. The predicted octanol–water partition coefficient (Wildman–Crippen LogP) is 4.35. The number of nitrogens with zero attached hydrogens (tertiary/aromatic N) is 2. The summed E-state index contributed by atoms with van der Waals surface area (Å²) in [5.41, 5.74) is 3.42. The second-order valence-corrected chi connectivity index (χ2v) is 6.79. The van der Waals surface area contributed by atoms with Crippen LogP contribution in [0.2, 0.25) is 0 Å². The molecule has 3 aromatic rings. The summed E-state index contributed by atoms with van der Waals surface area (Å²) in [5.74, 6) is 0.304. The van der Waals surface area contributed by atoms with Crippen LogP contribution in [0.5, 0.6) is 5.75 Å². The van der Waals surface area contributed by atoms with Gasteiger partial charge in [-0.05, 0) is 37.1 Å². The highest BCUT2D eigenvalue weighted by Crippen LogP contribution is 2.27. The van der Waals surface area contributed by atoms with Gasteiger partial charge < -0.3 is 4.74 Å². The number of anilines is 1. The van der Waals surface area contributed by atoms with Crippen molar-refractivity contribution >= 4 is 28.1 Å². The number of carbonyl (C=O) groups is 1. The van der Waals surface area contributed by atoms with E-state index in [1.54, 1.807) is 17.5 Å². The number of nitro benzene ring substituents is 1. The molecular formula is C19H17N3O4S. The van der Waals surface area contributed by atoms with Crippen molar-refractivity contribution in [3.8, 4) is 17.0 Å². The molecule has 0 saturated heterocycles. The third-order valence-corrected chi connectivity index (χ3v) is 4.71.